The van der Waals surface area contributed by atoms with E-state index in [1.165, 1.54) is 0 Å². The number of aryl methyl sites for hydroxylation is 1. The van der Waals surface area contributed by atoms with Crippen LogP contribution in [0.2, 0.25) is 0 Å². The Hall–Kier alpha value is -1.38. The summed E-state index contributed by atoms with van der Waals surface area (Å²) in [7, 11) is 0. The lowest BCUT2D eigenvalue weighted by Gasteiger charge is -2.07. The number of halogens is 1. The predicted molar refractivity (Wildman–Crippen MR) is 54.8 cm³/mol. The molecule has 0 amide bonds. The number of benzene rings is 1. The topological polar surface area (TPSA) is 17.8 Å². The van der Waals surface area contributed by atoms with E-state index in [1.54, 1.807) is 25.4 Å². The average molecular weight is 192 g/mol. The third-order valence-corrected chi connectivity index (χ3v) is 2.41. The van der Waals surface area contributed by atoms with Crippen LogP contribution >= 0.6 is 0 Å². The van der Waals surface area contributed by atoms with Crippen molar-refractivity contribution in [2.75, 3.05) is 0 Å². The Morgan fingerprint density at radius 2 is 2.07 bits per heavy atom. The molecule has 0 atom stereocenters. The molecule has 0 bridgehead atoms. The van der Waals surface area contributed by atoms with Gasteiger partial charge >= 0.3 is 0 Å². The third kappa shape index (κ3) is 1.29. The lowest BCUT2D eigenvalue weighted by atomic mass is 10.2. The van der Waals surface area contributed by atoms with Gasteiger partial charge in [0.05, 0.1) is 17.4 Å². The van der Waals surface area contributed by atoms with E-state index in [1.807, 2.05) is 4.57 Å². The number of aromatic nitrogens is 2. The minimum absolute atomic E-state index is 0.167. The first-order chi connectivity index (χ1) is 6.59. The smallest absolute Gasteiger partial charge is 0.128 e. The minimum atomic E-state index is -0.167. The molecule has 0 N–H and O–H groups in total. The molecule has 0 radical (unpaired) electrons. The van der Waals surface area contributed by atoms with E-state index in [2.05, 4.69) is 18.8 Å². The Balaban J connectivity index is 2.74. The average Bonchev–Trinajstić information content (AvgIpc) is 2.48. The fourth-order valence-corrected chi connectivity index (χ4v) is 1.56. The highest BCUT2D eigenvalue weighted by molar-refractivity contribution is 5.76. The second kappa shape index (κ2) is 3.08. The second-order valence-electron chi connectivity index (χ2n) is 3.84. The summed E-state index contributed by atoms with van der Waals surface area (Å²) >= 11 is 0. The summed E-state index contributed by atoms with van der Waals surface area (Å²) in [6.07, 6.45) is 1.76. The maximum absolute atomic E-state index is 13.3. The molecule has 2 rings (SSSR count). The predicted octanol–water partition coefficient (Wildman–Crippen LogP) is 3.06. The molecule has 2 nitrogen and oxygen atoms in total. The van der Waals surface area contributed by atoms with Gasteiger partial charge in [-0.3, -0.25) is 0 Å². The number of hydrogen-bond donors (Lipinski definition) is 0. The molecule has 1 heterocycles. The molecule has 0 aliphatic carbocycles. The number of imidazole rings is 1. The SMILES string of the molecule is Cc1cc2ncn(C(C)C)c2cc1F. The Morgan fingerprint density at radius 3 is 2.71 bits per heavy atom. The Bertz CT molecular complexity index is 471. The van der Waals surface area contributed by atoms with Gasteiger partial charge in [-0.25, -0.2) is 9.37 Å². The highest BCUT2D eigenvalue weighted by Crippen LogP contribution is 2.20. The van der Waals surface area contributed by atoms with Crippen LogP contribution in [0.15, 0.2) is 18.5 Å². The van der Waals surface area contributed by atoms with Crippen molar-refractivity contribution in [1.29, 1.82) is 0 Å². The van der Waals surface area contributed by atoms with Crippen molar-refractivity contribution in [1.82, 2.24) is 9.55 Å². The van der Waals surface area contributed by atoms with Crippen LogP contribution in [-0.4, -0.2) is 9.55 Å². The number of nitrogens with zero attached hydrogens (tertiary/aromatic N) is 2. The van der Waals surface area contributed by atoms with E-state index < -0.39 is 0 Å². The first kappa shape index (κ1) is 9.19. The molecule has 0 fully saturated rings. The van der Waals surface area contributed by atoms with Crippen LogP contribution in [0, 0.1) is 12.7 Å². The van der Waals surface area contributed by atoms with Crippen LogP contribution in [0.4, 0.5) is 4.39 Å². The zero-order chi connectivity index (χ0) is 10.3. The fraction of sp³-hybridized carbons (Fsp3) is 0.364. The Morgan fingerprint density at radius 1 is 1.36 bits per heavy atom. The highest BCUT2D eigenvalue weighted by atomic mass is 19.1. The summed E-state index contributed by atoms with van der Waals surface area (Å²) in [5.74, 6) is -0.167. The van der Waals surface area contributed by atoms with E-state index in [0.717, 1.165) is 11.0 Å². The van der Waals surface area contributed by atoms with Crippen LogP contribution in [0.5, 0.6) is 0 Å². The quantitative estimate of drug-likeness (QED) is 0.679. The maximum Gasteiger partial charge on any atom is 0.128 e. The lowest BCUT2D eigenvalue weighted by Crippen LogP contribution is -1.98. The molecule has 74 valence electrons. The monoisotopic (exact) mass is 192 g/mol. The van der Waals surface area contributed by atoms with Crippen LogP contribution in [0.25, 0.3) is 11.0 Å². The number of rotatable bonds is 1. The number of fused-ring (bicyclic) bond motifs is 1. The normalized spacial score (nSPS) is 11.5. The van der Waals surface area contributed by atoms with Crippen molar-refractivity contribution < 1.29 is 4.39 Å². The first-order valence-corrected chi connectivity index (χ1v) is 4.72. The molecule has 2 aromatic rings. The summed E-state index contributed by atoms with van der Waals surface area (Å²) in [6.45, 7) is 5.86. The van der Waals surface area contributed by atoms with Crippen molar-refractivity contribution in [3.8, 4) is 0 Å². The Labute approximate surface area is 82.4 Å². The molecule has 1 aromatic carbocycles. The van der Waals surface area contributed by atoms with E-state index in [0.29, 0.717) is 11.6 Å². The van der Waals surface area contributed by atoms with E-state index in [9.17, 15) is 4.39 Å². The molecule has 0 aliphatic rings. The van der Waals surface area contributed by atoms with Gasteiger partial charge in [-0.1, -0.05) is 0 Å². The van der Waals surface area contributed by atoms with Gasteiger partial charge in [0.1, 0.15) is 5.82 Å². The van der Waals surface area contributed by atoms with Crippen molar-refractivity contribution in [3.05, 3.63) is 29.8 Å². The van der Waals surface area contributed by atoms with Gasteiger partial charge in [0.15, 0.2) is 0 Å². The van der Waals surface area contributed by atoms with Crippen LogP contribution in [0.3, 0.4) is 0 Å². The molecule has 0 spiro atoms. The van der Waals surface area contributed by atoms with Gasteiger partial charge in [-0.2, -0.15) is 0 Å². The van der Waals surface area contributed by atoms with E-state index in [4.69, 9.17) is 0 Å². The molecule has 14 heavy (non-hydrogen) atoms. The standard InChI is InChI=1S/C11H13FN2/c1-7(2)14-6-13-10-4-8(3)9(12)5-11(10)14/h4-7H,1-3H3. The molecular weight excluding hydrogens is 179 g/mol. The van der Waals surface area contributed by atoms with Crippen LogP contribution < -0.4 is 0 Å². The number of hydrogen-bond acceptors (Lipinski definition) is 1. The van der Waals surface area contributed by atoms with Crippen molar-refractivity contribution in [2.24, 2.45) is 0 Å². The molecule has 1 aromatic heterocycles. The zero-order valence-electron chi connectivity index (χ0n) is 8.58. The summed E-state index contributed by atoms with van der Waals surface area (Å²) in [4.78, 5) is 4.24. The zero-order valence-corrected chi connectivity index (χ0v) is 8.58. The van der Waals surface area contributed by atoms with Gasteiger partial charge in [-0.05, 0) is 32.4 Å². The lowest BCUT2D eigenvalue weighted by molar-refractivity contribution is 0.605. The van der Waals surface area contributed by atoms with E-state index in [-0.39, 0.29) is 5.82 Å². The van der Waals surface area contributed by atoms with E-state index >= 15 is 0 Å². The molecule has 3 heteroatoms. The first-order valence-electron chi connectivity index (χ1n) is 4.72. The van der Waals surface area contributed by atoms with Crippen molar-refractivity contribution in [2.45, 2.75) is 26.8 Å². The van der Waals surface area contributed by atoms with Gasteiger partial charge in [0.25, 0.3) is 0 Å². The van der Waals surface area contributed by atoms with Crippen molar-refractivity contribution in [3.63, 3.8) is 0 Å². The molecule has 0 saturated heterocycles. The van der Waals surface area contributed by atoms with Crippen molar-refractivity contribution >= 4 is 11.0 Å². The molecule has 0 saturated carbocycles. The summed E-state index contributed by atoms with van der Waals surface area (Å²) in [6, 6.07) is 3.64. The summed E-state index contributed by atoms with van der Waals surface area (Å²) < 4.78 is 15.3. The largest absolute Gasteiger partial charge is 0.328 e. The van der Waals surface area contributed by atoms with Gasteiger partial charge < -0.3 is 4.57 Å². The highest BCUT2D eigenvalue weighted by Gasteiger charge is 2.08. The summed E-state index contributed by atoms with van der Waals surface area (Å²) in [5.41, 5.74) is 2.37. The molecular formula is C11H13FN2. The minimum Gasteiger partial charge on any atom is -0.328 e. The molecule has 0 aliphatic heterocycles. The Kier molecular flexibility index (Phi) is 2.02. The van der Waals surface area contributed by atoms with Gasteiger partial charge in [0, 0.05) is 12.1 Å². The third-order valence-electron chi connectivity index (χ3n) is 2.41. The second-order valence-corrected chi connectivity index (χ2v) is 3.84. The van der Waals surface area contributed by atoms with Crippen LogP contribution in [-0.2, 0) is 0 Å². The fourth-order valence-electron chi connectivity index (χ4n) is 1.56. The summed E-state index contributed by atoms with van der Waals surface area (Å²) in [5, 5.41) is 0. The van der Waals surface area contributed by atoms with Crippen LogP contribution in [0.1, 0.15) is 25.5 Å². The van der Waals surface area contributed by atoms with Gasteiger partial charge in [0.2, 0.25) is 0 Å². The molecule has 0 unspecified atom stereocenters. The maximum atomic E-state index is 13.3. The van der Waals surface area contributed by atoms with Gasteiger partial charge in [-0.15, -0.1) is 0 Å².